The van der Waals surface area contributed by atoms with Gasteiger partial charge in [-0.2, -0.15) is 0 Å². The van der Waals surface area contributed by atoms with E-state index in [4.69, 9.17) is 18.0 Å². The lowest BCUT2D eigenvalue weighted by Crippen LogP contribution is -2.28. The molecule has 1 atom stereocenters. The minimum absolute atomic E-state index is 0.0502. The molecule has 0 aromatic heterocycles. The SMILES string of the molecule is [B]c1ccc(C=N)c(NC2CCCCO2)c1. The van der Waals surface area contributed by atoms with Crippen molar-refractivity contribution < 1.29 is 4.74 Å². The van der Waals surface area contributed by atoms with Crippen molar-refractivity contribution in [3.63, 3.8) is 0 Å². The van der Waals surface area contributed by atoms with Crippen molar-refractivity contribution in [2.75, 3.05) is 11.9 Å². The zero-order valence-corrected chi connectivity index (χ0v) is 9.20. The number of rotatable bonds is 3. The molecule has 1 aliphatic rings. The van der Waals surface area contributed by atoms with E-state index in [1.54, 1.807) is 6.07 Å². The van der Waals surface area contributed by atoms with E-state index < -0.39 is 0 Å². The smallest absolute Gasteiger partial charge is 0.127 e. The zero-order valence-electron chi connectivity index (χ0n) is 9.20. The summed E-state index contributed by atoms with van der Waals surface area (Å²) in [5.74, 6) is 0. The van der Waals surface area contributed by atoms with Crippen LogP contribution in [0.25, 0.3) is 0 Å². The molecular weight excluding hydrogens is 199 g/mol. The first-order valence-electron chi connectivity index (χ1n) is 5.58. The van der Waals surface area contributed by atoms with Gasteiger partial charge in [0.25, 0.3) is 0 Å². The molecule has 3 nitrogen and oxygen atoms in total. The molecule has 1 aromatic rings. The fraction of sp³-hybridized carbons (Fsp3) is 0.417. The van der Waals surface area contributed by atoms with Gasteiger partial charge in [-0.15, -0.1) is 0 Å². The van der Waals surface area contributed by atoms with Crippen molar-refractivity contribution in [3.05, 3.63) is 23.8 Å². The number of ether oxygens (including phenoxy) is 1. The maximum absolute atomic E-state index is 7.33. The lowest BCUT2D eigenvalue weighted by molar-refractivity contribution is 0.0343. The molecule has 1 fully saturated rings. The summed E-state index contributed by atoms with van der Waals surface area (Å²) in [6.45, 7) is 0.805. The Bertz CT molecular complexity index is 375. The minimum Gasteiger partial charge on any atom is -0.360 e. The number of hydrogen-bond donors (Lipinski definition) is 2. The lowest BCUT2D eigenvalue weighted by Gasteiger charge is -2.25. The van der Waals surface area contributed by atoms with Crippen molar-refractivity contribution in [3.8, 4) is 0 Å². The second kappa shape index (κ2) is 5.17. The molecule has 4 heteroatoms. The van der Waals surface area contributed by atoms with Crippen LogP contribution >= 0.6 is 0 Å². The van der Waals surface area contributed by atoms with Gasteiger partial charge in [0.2, 0.25) is 0 Å². The summed E-state index contributed by atoms with van der Waals surface area (Å²) in [7, 11) is 5.73. The van der Waals surface area contributed by atoms with Crippen molar-refractivity contribution >= 4 is 25.2 Å². The molecule has 1 saturated heterocycles. The molecule has 2 radical (unpaired) electrons. The normalized spacial score (nSPS) is 20.4. The van der Waals surface area contributed by atoms with Crippen molar-refractivity contribution in [1.82, 2.24) is 0 Å². The first-order chi connectivity index (χ1) is 7.79. The molecule has 2 N–H and O–H groups in total. The molecule has 2 rings (SSSR count). The van der Waals surface area contributed by atoms with Crippen LogP contribution in [0.4, 0.5) is 5.69 Å². The van der Waals surface area contributed by atoms with Crippen LogP contribution in [0.5, 0.6) is 0 Å². The predicted molar refractivity (Wildman–Crippen MR) is 66.9 cm³/mol. The van der Waals surface area contributed by atoms with Gasteiger partial charge >= 0.3 is 0 Å². The Morgan fingerprint density at radius 2 is 2.31 bits per heavy atom. The summed E-state index contributed by atoms with van der Waals surface area (Å²) in [6.07, 6.45) is 4.69. The van der Waals surface area contributed by atoms with Crippen molar-refractivity contribution in [2.24, 2.45) is 0 Å². The maximum atomic E-state index is 7.33. The van der Waals surface area contributed by atoms with Crippen LogP contribution in [0, 0.1) is 5.41 Å². The Kier molecular flexibility index (Phi) is 3.62. The highest BCUT2D eigenvalue weighted by molar-refractivity contribution is 6.32. The Balaban J connectivity index is 2.12. The number of hydrogen-bond acceptors (Lipinski definition) is 3. The summed E-state index contributed by atoms with van der Waals surface area (Å²) >= 11 is 0. The molecule has 0 spiro atoms. The van der Waals surface area contributed by atoms with E-state index in [0.29, 0.717) is 5.46 Å². The molecular formula is C12H15BN2O. The van der Waals surface area contributed by atoms with Gasteiger partial charge in [0.1, 0.15) is 14.1 Å². The third-order valence-corrected chi connectivity index (χ3v) is 2.73. The first-order valence-corrected chi connectivity index (χ1v) is 5.58. The average Bonchev–Trinajstić information content (AvgIpc) is 2.31. The highest BCUT2D eigenvalue weighted by Crippen LogP contribution is 2.18. The minimum atomic E-state index is 0.0502. The number of benzene rings is 1. The van der Waals surface area contributed by atoms with E-state index in [9.17, 15) is 0 Å². The van der Waals surface area contributed by atoms with Gasteiger partial charge in [-0.1, -0.05) is 17.6 Å². The van der Waals surface area contributed by atoms with Gasteiger partial charge in [0.05, 0.1) is 0 Å². The van der Waals surface area contributed by atoms with Crippen molar-refractivity contribution in [2.45, 2.75) is 25.5 Å². The topological polar surface area (TPSA) is 45.1 Å². The highest BCUT2D eigenvalue weighted by atomic mass is 16.5. The molecule has 1 aliphatic heterocycles. The first kappa shape index (κ1) is 11.2. The van der Waals surface area contributed by atoms with Gasteiger partial charge in [-0.3, -0.25) is 0 Å². The summed E-state index contributed by atoms with van der Waals surface area (Å²) in [4.78, 5) is 0. The van der Waals surface area contributed by atoms with Gasteiger partial charge in [0.15, 0.2) is 0 Å². The van der Waals surface area contributed by atoms with Gasteiger partial charge in [-0.05, 0) is 25.3 Å². The van der Waals surface area contributed by atoms with Crippen LogP contribution in [0.1, 0.15) is 24.8 Å². The van der Waals surface area contributed by atoms with Crippen LogP contribution < -0.4 is 10.8 Å². The molecule has 82 valence electrons. The molecule has 0 aliphatic carbocycles. The second-order valence-corrected chi connectivity index (χ2v) is 3.99. The fourth-order valence-electron chi connectivity index (χ4n) is 1.85. The Labute approximate surface area is 97.1 Å². The third kappa shape index (κ3) is 2.64. The molecule has 1 aromatic carbocycles. The second-order valence-electron chi connectivity index (χ2n) is 3.99. The molecule has 0 amide bonds. The summed E-state index contributed by atoms with van der Waals surface area (Å²) in [5.41, 5.74) is 2.41. The quantitative estimate of drug-likeness (QED) is 0.590. The summed E-state index contributed by atoms with van der Waals surface area (Å²) in [5, 5.41) is 10.6. The average molecular weight is 214 g/mol. The van der Waals surface area contributed by atoms with Crippen LogP contribution in [0.3, 0.4) is 0 Å². The summed E-state index contributed by atoms with van der Waals surface area (Å²) < 4.78 is 5.59. The van der Waals surface area contributed by atoms with Crippen LogP contribution in [0.2, 0.25) is 0 Å². The van der Waals surface area contributed by atoms with E-state index in [1.165, 1.54) is 12.6 Å². The van der Waals surface area contributed by atoms with Crippen molar-refractivity contribution in [1.29, 1.82) is 5.41 Å². The lowest BCUT2D eigenvalue weighted by atomic mass is 9.94. The molecule has 16 heavy (non-hydrogen) atoms. The largest absolute Gasteiger partial charge is 0.360 e. The molecule has 0 bridgehead atoms. The monoisotopic (exact) mass is 214 g/mol. The van der Waals surface area contributed by atoms with E-state index in [0.717, 1.165) is 30.7 Å². The molecule has 1 heterocycles. The van der Waals surface area contributed by atoms with Crippen LogP contribution in [0.15, 0.2) is 18.2 Å². The standard InChI is InChI=1S/C12H15BN2O/c13-10-5-4-9(8-14)11(7-10)15-12-3-1-2-6-16-12/h4-5,7-8,12,14-15H,1-3,6H2. The van der Waals surface area contributed by atoms with E-state index >= 15 is 0 Å². The summed E-state index contributed by atoms with van der Waals surface area (Å²) in [6, 6.07) is 5.49. The highest BCUT2D eigenvalue weighted by Gasteiger charge is 2.14. The predicted octanol–water partition coefficient (Wildman–Crippen LogP) is 1.42. The van der Waals surface area contributed by atoms with Gasteiger partial charge in [-0.25, -0.2) is 0 Å². The van der Waals surface area contributed by atoms with E-state index in [-0.39, 0.29) is 6.23 Å². The van der Waals surface area contributed by atoms with Crippen LogP contribution in [-0.2, 0) is 4.74 Å². The van der Waals surface area contributed by atoms with E-state index in [1.807, 2.05) is 12.1 Å². The molecule has 1 unspecified atom stereocenters. The number of nitrogens with one attached hydrogen (secondary N) is 2. The number of anilines is 1. The van der Waals surface area contributed by atoms with Gasteiger partial charge < -0.3 is 15.5 Å². The maximum Gasteiger partial charge on any atom is 0.127 e. The zero-order chi connectivity index (χ0) is 11.4. The fourth-order valence-corrected chi connectivity index (χ4v) is 1.85. The van der Waals surface area contributed by atoms with Gasteiger partial charge in [0, 0.05) is 24.1 Å². The third-order valence-electron chi connectivity index (χ3n) is 2.73. The Morgan fingerprint density at radius 1 is 1.44 bits per heavy atom. The Hall–Kier alpha value is -1.29. The molecule has 0 saturated carbocycles. The van der Waals surface area contributed by atoms with E-state index in [2.05, 4.69) is 5.32 Å². The Morgan fingerprint density at radius 3 is 3.00 bits per heavy atom. The van der Waals surface area contributed by atoms with Crippen LogP contribution in [-0.4, -0.2) is 26.9 Å².